The molecule has 0 amide bonds. The van der Waals surface area contributed by atoms with Gasteiger partial charge in [0.2, 0.25) is 0 Å². The summed E-state index contributed by atoms with van der Waals surface area (Å²) in [6, 6.07) is 2.05. The maximum absolute atomic E-state index is 5.32. The van der Waals surface area contributed by atoms with Crippen LogP contribution < -0.4 is 5.32 Å². The predicted octanol–water partition coefficient (Wildman–Crippen LogP) is 1.63. The van der Waals surface area contributed by atoms with Gasteiger partial charge in [0.25, 0.3) is 0 Å². The number of hydrogen-bond acceptors (Lipinski definition) is 4. The van der Waals surface area contributed by atoms with Crippen LogP contribution in [0.1, 0.15) is 31.2 Å². The molecule has 4 heteroatoms. The number of nitrogens with one attached hydrogen (secondary N) is 1. The highest BCUT2D eigenvalue weighted by atomic mass is 16.5. The van der Waals surface area contributed by atoms with Crippen LogP contribution >= 0.6 is 0 Å². The fourth-order valence-electron chi connectivity index (χ4n) is 2.30. The van der Waals surface area contributed by atoms with Crippen molar-refractivity contribution in [2.45, 2.75) is 32.9 Å². The van der Waals surface area contributed by atoms with Crippen LogP contribution in [0.4, 0.5) is 0 Å². The lowest BCUT2D eigenvalue weighted by atomic mass is 10.1. The third-order valence-electron chi connectivity index (χ3n) is 3.29. The second-order valence-electron chi connectivity index (χ2n) is 4.61. The van der Waals surface area contributed by atoms with Gasteiger partial charge in [-0.25, -0.2) is 0 Å². The van der Waals surface area contributed by atoms with E-state index in [0.29, 0.717) is 0 Å². The molecule has 1 aromatic rings. The Labute approximate surface area is 97.0 Å². The Morgan fingerprint density at radius 1 is 1.62 bits per heavy atom. The summed E-state index contributed by atoms with van der Waals surface area (Å²) in [4.78, 5) is 2.46. The van der Waals surface area contributed by atoms with E-state index in [1.807, 2.05) is 7.05 Å². The average Bonchev–Trinajstić information content (AvgIpc) is 2.89. The van der Waals surface area contributed by atoms with Crippen molar-refractivity contribution < 1.29 is 4.52 Å². The van der Waals surface area contributed by atoms with Gasteiger partial charge in [-0.05, 0) is 25.9 Å². The molecule has 1 aliphatic heterocycles. The van der Waals surface area contributed by atoms with Crippen LogP contribution in [0.25, 0.3) is 0 Å². The molecule has 0 aromatic carbocycles. The first kappa shape index (κ1) is 11.6. The van der Waals surface area contributed by atoms with Crippen LogP contribution in [0.2, 0.25) is 0 Å². The average molecular weight is 223 g/mol. The van der Waals surface area contributed by atoms with Crippen molar-refractivity contribution in [3.05, 3.63) is 17.5 Å². The highest BCUT2D eigenvalue weighted by Gasteiger charge is 2.21. The Morgan fingerprint density at radius 2 is 2.50 bits per heavy atom. The molecule has 0 saturated carbocycles. The third kappa shape index (κ3) is 2.83. The summed E-state index contributed by atoms with van der Waals surface area (Å²) in [6.45, 7) is 6.36. The van der Waals surface area contributed by atoms with Crippen molar-refractivity contribution in [1.29, 1.82) is 0 Å². The molecule has 4 nitrogen and oxygen atoms in total. The van der Waals surface area contributed by atoms with Crippen molar-refractivity contribution in [3.8, 4) is 0 Å². The molecular formula is C12H21N3O. The highest BCUT2D eigenvalue weighted by molar-refractivity contribution is 5.05. The summed E-state index contributed by atoms with van der Waals surface area (Å²) >= 11 is 0. The van der Waals surface area contributed by atoms with Crippen LogP contribution in [0.5, 0.6) is 0 Å². The van der Waals surface area contributed by atoms with Gasteiger partial charge in [0.15, 0.2) is 5.76 Å². The fraction of sp³-hybridized carbons (Fsp3) is 0.750. The molecule has 1 N–H and O–H groups in total. The van der Waals surface area contributed by atoms with Gasteiger partial charge in [-0.2, -0.15) is 0 Å². The molecular weight excluding hydrogens is 202 g/mol. The molecule has 16 heavy (non-hydrogen) atoms. The summed E-state index contributed by atoms with van der Waals surface area (Å²) in [5.41, 5.74) is 0.990. The summed E-state index contributed by atoms with van der Waals surface area (Å²) in [5.74, 6) is 1.86. The van der Waals surface area contributed by atoms with Gasteiger partial charge in [0.05, 0.1) is 12.2 Å². The lowest BCUT2D eigenvalue weighted by molar-refractivity contribution is 0.264. The van der Waals surface area contributed by atoms with Crippen LogP contribution in [-0.2, 0) is 13.1 Å². The molecule has 1 aromatic heterocycles. The SMILES string of the molecule is CCC1CCN(Cc2cc(CNC)no2)C1. The maximum Gasteiger partial charge on any atom is 0.151 e. The van der Waals surface area contributed by atoms with Gasteiger partial charge in [0, 0.05) is 19.2 Å². The molecule has 1 saturated heterocycles. The molecule has 1 aliphatic rings. The van der Waals surface area contributed by atoms with Crippen LogP contribution in [0.3, 0.4) is 0 Å². The van der Waals surface area contributed by atoms with E-state index in [0.717, 1.165) is 30.5 Å². The molecule has 2 rings (SSSR count). The van der Waals surface area contributed by atoms with E-state index in [1.165, 1.54) is 25.9 Å². The Hall–Kier alpha value is -0.870. The number of nitrogens with zero attached hydrogens (tertiary/aromatic N) is 2. The zero-order valence-corrected chi connectivity index (χ0v) is 10.2. The van der Waals surface area contributed by atoms with Crippen LogP contribution in [0.15, 0.2) is 10.6 Å². The van der Waals surface area contributed by atoms with Gasteiger partial charge >= 0.3 is 0 Å². The number of aromatic nitrogens is 1. The zero-order chi connectivity index (χ0) is 11.4. The normalized spacial score (nSPS) is 21.8. The topological polar surface area (TPSA) is 41.3 Å². The van der Waals surface area contributed by atoms with Gasteiger partial charge in [-0.3, -0.25) is 4.90 Å². The van der Waals surface area contributed by atoms with E-state index in [2.05, 4.69) is 28.4 Å². The maximum atomic E-state index is 5.32. The molecule has 2 heterocycles. The standard InChI is InChI=1S/C12H21N3O/c1-3-10-4-5-15(8-10)9-12-6-11(7-13-2)14-16-12/h6,10,13H,3-5,7-9H2,1-2H3. The summed E-state index contributed by atoms with van der Waals surface area (Å²) in [5, 5.41) is 7.09. The summed E-state index contributed by atoms with van der Waals surface area (Å²) < 4.78 is 5.32. The monoisotopic (exact) mass is 223 g/mol. The number of hydrogen-bond donors (Lipinski definition) is 1. The quantitative estimate of drug-likeness (QED) is 0.823. The van der Waals surface area contributed by atoms with E-state index < -0.39 is 0 Å². The summed E-state index contributed by atoms with van der Waals surface area (Å²) in [7, 11) is 1.92. The van der Waals surface area contributed by atoms with Gasteiger partial charge in [-0.1, -0.05) is 18.5 Å². The Kier molecular flexibility index (Phi) is 3.96. The fourth-order valence-corrected chi connectivity index (χ4v) is 2.30. The Bertz CT molecular complexity index is 324. The molecule has 0 radical (unpaired) electrons. The first-order valence-electron chi connectivity index (χ1n) is 6.13. The van der Waals surface area contributed by atoms with Gasteiger partial charge in [-0.15, -0.1) is 0 Å². The second-order valence-corrected chi connectivity index (χ2v) is 4.61. The van der Waals surface area contributed by atoms with Crippen LogP contribution in [-0.4, -0.2) is 30.2 Å². The van der Waals surface area contributed by atoms with Crippen molar-refractivity contribution in [2.24, 2.45) is 5.92 Å². The van der Waals surface area contributed by atoms with Crippen molar-refractivity contribution >= 4 is 0 Å². The van der Waals surface area contributed by atoms with E-state index >= 15 is 0 Å². The first-order valence-corrected chi connectivity index (χ1v) is 6.13. The van der Waals surface area contributed by atoms with E-state index in [-0.39, 0.29) is 0 Å². The minimum absolute atomic E-state index is 0.779. The van der Waals surface area contributed by atoms with E-state index in [1.54, 1.807) is 0 Å². The number of rotatable bonds is 5. The highest BCUT2D eigenvalue weighted by Crippen LogP contribution is 2.21. The Balaban J connectivity index is 1.84. The minimum Gasteiger partial charge on any atom is -0.360 e. The third-order valence-corrected chi connectivity index (χ3v) is 3.29. The molecule has 0 aliphatic carbocycles. The lowest BCUT2D eigenvalue weighted by Gasteiger charge is -2.12. The molecule has 1 unspecified atom stereocenters. The van der Waals surface area contributed by atoms with Crippen molar-refractivity contribution in [3.63, 3.8) is 0 Å². The van der Waals surface area contributed by atoms with Crippen LogP contribution in [0, 0.1) is 5.92 Å². The molecule has 90 valence electrons. The molecule has 1 fully saturated rings. The minimum atomic E-state index is 0.779. The number of likely N-dealkylation sites (tertiary alicyclic amines) is 1. The molecule has 0 spiro atoms. The lowest BCUT2D eigenvalue weighted by Crippen LogP contribution is -2.19. The van der Waals surface area contributed by atoms with E-state index in [4.69, 9.17) is 4.52 Å². The van der Waals surface area contributed by atoms with Gasteiger partial charge < -0.3 is 9.84 Å². The van der Waals surface area contributed by atoms with Crippen molar-refractivity contribution in [1.82, 2.24) is 15.4 Å². The van der Waals surface area contributed by atoms with Crippen molar-refractivity contribution in [2.75, 3.05) is 20.1 Å². The molecule has 0 bridgehead atoms. The largest absolute Gasteiger partial charge is 0.360 e. The predicted molar refractivity (Wildman–Crippen MR) is 62.9 cm³/mol. The smallest absolute Gasteiger partial charge is 0.151 e. The molecule has 1 atom stereocenters. The van der Waals surface area contributed by atoms with Gasteiger partial charge in [0.1, 0.15) is 0 Å². The summed E-state index contributed by atoms with van der Waals surface area (Å²) in [6.07, 6.45) is 2.62. The zero-order valence-electron chi connectivity index (χ0n) is 10.2. The Morgan fingerprint density at radius 3 is 3.19 bits per heavy atom. The van der Waals surface area contributed by atoms with E-state index in [9.17, 15) is 0 Å². The second kappa shape index (κ2) is 5.46. The first-order chi connectivity index (χ1) is 7.81.